The second-order valence-electron chi connectivity index (χ2n) is 10.2. The molecular formula is C38H36Cl2O8. The average Bonchev–Trinajstić information content (AvgIpc) is 3.10. The fourth-order valence-corrected chi connectivity index (χ4v) is 4.69. The van der Waals surface area contributed by atoms with E-state index in [4.69, 9.17) is 46.9 Å². The number of hydrogen-bond acceptors (Lipinski definition) is 8. The molecule has 0 N–H and O–H groups in total. The van der Waals surface area contributed by atoms with Crippen molar-refractivity contribution in [2.24, 2.45) is 0 Å². The lowest BCUT2D eigenvalue weighted by Gasteiger charge is -2.19. The van der Waals surface area contributed by atoms with Gasteiger partial charge < -0.3 is 28.4 Å². The van der Waals surface area contributed by atoms with Crippen LogP contribution in [-0.4, -0.2) is 49.8 Å². The number of alkyl halides is 2. The molecular weight excluding hydrogens is 655 g/mol. The maximum absolute atomic E-state index is 12.2. The Bertz CT molecular complexity index is 1780. The van der Waals surface area contributed by atoms with Gasteiger partial charge in [-0.05, 0) is 57.9 Å². The molecule has 0 amide bonds. The van der Waals surface area contributed by atoms with E-state index >= 15 is 0 Å². The fourth-order valence-electron chi connectivity index (χ4n) is 4.38. The largest absolute Gasteiger partial charge is 0.490 e. The van der Waals surface area contributed by atoms with Gasteiger partial charge in [-0.25, -0.2) is 0 Å². The molecule has 5 aromatic rings. The molecule has 5 rings (SSSR count). The lowest BCUT2D eigenvalue weighted by Crippen LogP contribution is -2.31. The normalized spacial score (nSPS) is 11.0. The molecule has 250 valence electrons. The molecule has 8 nitrogen and oxygen atoms in total. The molecule has 0 spiro atoms. The van der Waals surface area contributed by atoms with E-state index in [1.54, 1.807) is 12.1 Å². The summed E-state index contributed by atoms with van der Waals surface area (Å²) in [7, 11) is 0. The third kappa shape index (κ3) is 12.0. The second kappa shape index (κ2) is 19.7. The molecule has 0 aliphatic heterocycles. The zero-order valence-electron chi connectivity index (χ0n) is 26.2. The zero-order chi connectivity index (χ0) is 34.0. The Labute approximate surface area is 289 Å². The third-order valence-electron chi connectivity index (χ3n) is 6.68. The lowest BCUT2D eigenvalue weighted by molar-refractivity contribution is -0.151. The summed E-state index contributed by atoms with van der Waals surface area (Å²) in [5, 5.41) is 4.43. The Morgan fingerprint density at radius 3 is 1.60 bits per heavy atom. The quantitative estimate of drug-likeness (QED) is 0.0440. The molecule has 1 atom stereocenters. The molecule has 0 fully saturated rings. The monoisotopic (exact) mass is 690 g/mol. The van der Waals surface area contributed by atoms with E-state index < -0.39 is 12.1 Å². The van der Waals surface area contributed by atoms with Crippen LogP contribution in [0.2, 0.25) is 0 Å². The van der Waals surface area contributed by atoms with Crippen molar-refractivity contribution >= 4 is 56.7 Å². The molecule has 0 aliphatic rings. The Kier molecular flexibility index (Phi) is 14.7. The van der Waals surface area contributed by atoms with Gasteiger partial charge in [0, 0.05) is 17.8 Å². The standard InChI is InChI=1S/C33H29ClO6.C5H7ClO2/c34-17-16-33(35)40-32(22-37-30-14-12-24-6-1-3-8-26(24)18-30)21-36-28-10-5-11-29(20-28)38-23-39-31-15-13-25-7-2-4-9-27(25)19-31;1-2-8-5(7)3-4-6/h1-15,18-20,32H,16-17,21-23H2;2H,1,3-4H2. The van der Waals surface area contributed by atoms with Crippen molar-refractivity contribution in [1.82, 2.24) is 0 Å². The van der Waals surface area contributed by atoms with E-state index in [0.717, 1.165) is 33.6 Å². The second-order valence-corrected chi connectivity index (χ2v) is 10.9. The van der Waals surface area contributed by atoms with Crippen LogP contribution in [0.1, 0.15) is 12.8 Å². The van der Waals surface area contributed by atoms with E-state index in [0.29, 0.717) is 23.1 Å². The highest BCUT2D eigenvalue weighted by Crippen LogP contribution is 2.24. The maximum Gasteiger partial charge on any atom is 0.311 e. The SMILES string of the molecule is C=COC(=O)CCCl.O=C(CCCl)OC(COc1cccc(OCOc2ccc3ccccc3c2)c1)COc1ccc2ccccc2c1. The summed E-state index contributed by atoms with van der Waals surface area (Å²) < 4.78 is 33.4. The first kappa shape index (κ1) is 35.9. The summed E-state index contributed by atoms with van der Waals surface area (Å²) >= 11 is 10.9. The first-order valence-corrected chi connectivity index (χ1v) is 16.2. The predicted molar refractivity (Wildman–Crippen MR) is 188 cm³/mol. The molecule has 0 heterocycles. The van der Waals surface area contributed by atoms with Gasteiger partial charge in [-0.3, -0.25) is 9.59 Å². The fraction of sp³-hybridized carbons (Fsp3) is 0.211. The number of carbonyl (C=O) groups is 2. The minimum absolute atomic E-state index is 0.0417. The van der Waals surface area contributed by atoms with Gasteiger partial charge in [0.15, 0.2) is 6.10 Å². The van der Waals surface area contributed by atoms with Crippen LogP contribution in [0.4, 0.5) is 0 Å². The van der Waals surface area contributed by atoms with Crippen molar-refractivity contribution in [3.63, 3.8) is 0 Å². The van der Waals surface area contributed by atoms with Gasteiger partial charge in [-0.15, -0.1) is 23.2 Å². The Morgan fingerprint density at radius 1 is 0.583 bits per heavy atom. The predicted octanol–water partition coefficient (Wildman–Crippen LogP) is 8.71. The molecule has 5 aromatic carbocycles. The van der Waals surface area contributed by atoms with Crippen molar-refractivity contribution in [3.05, 3.63) is 122 Å². The molecule has 0 radical (unpaired) electrons. The molecule has 0 saturated carbocycles. The summed E-state index contributed by atoms with van der Waals surface area (Å²) in [6.45, 7) is 3.46. The van der Waals surface area contributed by atoms with Crippen LogP contribution < -0.4 is 18.9 Å². The number of halogens is 2. The summed E-state index contributed by atoms with van der Waals surface area (Å²) in [6.07, 6.45) is 0.805. The third-order valence-corrected chi connectivity index (χ3v) is 7.06. The van der Waals surface area contributed by atoms with Gasteiger partial charge in [0.1, 0.15) is 36.2 Å². The minimum Gasteiger partial charge on any atom is -0.490 e. The van der Waals surface area contributed by atoms with Crippen LogP contribution in [0.25, 0.3) is 21.5 Å². The van der Waals surface area contributed by atoms with Crippen molar-refractivity contribution < 1.29 is 38.0 Å². The van der Waals surface area contributed by atoms with Crippen LogP contribution in [0.3, 0.4) is 0 Å². The van der Waals surface area contributed by atoms with Gasteiger partial charge in [0.25, 0.3) is 0 Å². The first-order valence-electron chi connectivity index (χ1n) is 15.2. The van der Waals surface area contributed by atoms with Gasteiger partial charge in [-0.1, -0.05) is 73.3 Å². The average molecular weight is 692 g/mol. The van der Waals surface area contributed by atoms with E-state index in [1.165, 1.54) is 0 Å². The van der Waals surface area contributed by atoms with Crippen molar-refractivity contribution in [2.75, 3.05) is 31.8 Å². The van der Waals surface area contributed by atoms with Crippen molar-refractivity contribution in [2.45, 2.75) is 18.9 Å². The summed E-state index contributed by atoms with van der Waals surface area (Å²) in [4.78, 5) is 22.4. The highest BCUT2D eigenvalue weighted by molar-refractivity contribution is 6.19. The van der Waals surface area contributed by atoms with Crippen LogP contribution >= 0.6 is 23.2 Å². The van der Waals surface area contributed by atoms with Crippen LogP contribution in [0, 0.1) is 0 Å². The van der Waals surface area contributed by atoms with Crippen LogP contribution in [0.5, 0.6) is 23.0 Å². The molecule has 0 bridgehead atoms. The molecule has 1 unspecified atom stereocenters. The van der Waals surface area contributed by atoms with Gasteiger partial charge in [-0.2, -0.15) is 0 Å². The van der Waals surface area contributed by atoms with Gasteiger partial charge >= 0.3 is 11.9 Å². The number of rotatable bonds is 16. The van der Waals surface area contributed by atoms with Crippen molar-refractivity contribution in [1.29, 1.82) is 0 Å². The summed E-state index contributed by atoms with van der Waals surface area (Å²) in [5.41, 5.74) is 0. The van der Waals surface area contributed by atoms with Crippen LogP contribution in [-0.2, 0) is 19.1 Å². The summed E-state index contributed by atoms with van der Waals surface area (Å²) in [6, 6.07) is 35.1. The highest BCUT2D eigenvalue weighted by Gasteiger charge is 2.17. The number of carbonyl (C=O) groups excluding carboxylic acids is 2. The van der Waals surface area contributed by atoms with Gasteiger partial charge in [0.2, 0.25) is 6.79 Å². The van der Waals surface area contributed by atoms with Crippen LogP contribution in [0.15, 0.2) is 122 Å². The Balaban J connectivity index is 0.000000579. The molecule has 0 saturated heterocycles. The number of fused-ring (bicyclic) bond motifs is 2. The Morgan fingerprint density at radius 2 is 1.06 bits per heavy atom. The van der Waals surface area contributed by atoms with Crippen molar-refractivity contribution in [3.8, 4) is 23.0 Å². The molecule has 0 aliphatic carbocycles. The molecule has 10 heteroatoms. The van der Waals surface area contributed by atoms with Gasteiger partial charge in [0.05, 0.1) is 19.1 Å². The zero-order valence-corrected chi connectivity index (χ0v) is 27.7. The Hall–Kier alpha value is -4.92. The number of ether oxygens (including phenoxy) is 6. The summed E-state index contributed by atoms with van der Waals surface area (Å²) in [5.74, 6) is 2.28. The highest BCUT2D eigenvalue weighted by atomic mass is 35.5. The maximum atomic E-state index is 12.2. The first-order chi connectivity index (χ1) is 23.5. The number of benzene rings is 5. The minimum atomic E-state index is -0.636. The van der Waals surface area contributed by atoms with E-state index in [1.807, 2.05) is 91.0 Å². The number of esters is 2. The van der Waals surface area contributed by atoms with E-state index in [9.17, 15) is 9.59 Å². The van der Waals surface area contributed by atoms with E-state index in [2.05, 4.69) is 17.4 Å². The molecule has 0 aromatic heterocycles. The lowest BCUT2D eigenvalue weighted by atomic mass is 10.1. The number of hydrogen-bond donors (Lipinski definition) is 0. The van der Waals surface area contributed by atoms with E-state index in [-0.39, 0.29) is 44.7 Å². The smallest absolute Gasteiger partial charge is 0.311 e. The topological polar surface area (TPSA) is 89.5 Å². The molecule has 48 heavy (non-hydrogen) atoms.